The number of pyridine rings is 1. The third-order valence-corrected chi connectivity index (χ3v) is 5.04. The molecule has 0 aromatic carbocycles. The Kier molecular flexibility index (Phi) is 5.58. The van der Waals surface area contributed by atoms with Crippen molar-refractivity contribution < 1.29 is 4.79 Å². The molecule has 0 saturated carbocycles. The summed E-state index contributed by atoms with van der Waals surface area (Å²) in [5.74, 6) is 0.843. The van der Waals surface area contributed by atoms with Crippen molar-refractivity contribution in [3.05, 3.63) is 46.5 Å². The van der Waals surface area contributed by atoms with Crippen LogP contribution in [0, 0.1) is 5.41 Å². The molecule has 154 valence electrons. The number of nitrogens with zero attached hydrogens (tertiary/aromatic N) is 4. The second-order valence-corrected chi connectivity index (χ2v) is 7.73. The fourth-order valence-electron chi connectivity index (χ4n) is 2.74. The van der Waals surface area contributed by atoms with Crippen LogP contribution >= 0.6 is 0 Å². The molecule has 9 heteroatoms. The van der Waals surface area contributed by atoms with Crippen molar-refractivity contribution in [3.63, 3.8) is 0 Å². The predicted molar refractivity (Wildman–Crippen MR) is 114 cm³/mol. The van der Waals surface area contributed by atoms with Gasteiger partial charge < -0.3 is 20.5 Å². The number of fused-ring (bicyclic) bond motifs is 1. The Morgan fingerprint density at radius 1 is 1.31 bits per heavy atom. The lowest BCUT2D eigenvalue weighted by molar-refractivity contribution is 0.0937. The molecule has 3 rings (SSSR count). The molecular formula is C20H27N7O2. The standard InChI is InChI=1S/C20H27N7O2/c1-6-20(2,3)12-22-18(28)13-11-23-27-16(21-4)10-15(25-17(13)27)24-14-8-7-9-26(5)19(14)29/h7-11,21H,6,12H2,1-5H3,(H,22,28)(H,24,25). The van der Waals surface area contributed by atoms with Crippen LogP contribution < -0.4 is 21.5 Å². The molecule has 0 fully saturated rings. The number of carbonyl (C=O) groups is 1. The van der Waals surface area contributed by atoms with E-state index in [1.807, 2.05) is 0 Å². The van der Waals surface area contributed by atoms with Crippen LogP contribution in [0.1, 0.15) is 37.6 Å². The number of amides is 1. The summed E-state index contributed by atoms with van der Waals surface area (Å²) in [7, 11) is 3.44. The van der Waals surface area contributed by atoms with Crippen LogP contribution in [0.2, 0.25) is 0 Å². The first kappa shape index (κ1) is 20.4. The molecule has 29 heavy (non-hydrogen) atoms. The Morgan fingerprint density at radius 3 is 2.76 bits per heavy atom. The summed E-state index contributed by atoms with van der Waals surface area (Å²) >= 11 is 0. The maximum absolute atomic E-state index is 12.8. The number of rotatable bonds is 7. The Balaban J connectivity index is 1.97. The second-order valence-electron chi connectivity index (χ2n) is 7.73. The van der Waals surface area contributed by atoms with E-state index in [1.54, 1.807) is 43.0 Å². The smallest absolute Gasteiger partial charge is 0.274 e. The highest BCUT2D eigenvalue weighted by Crippen LogP contribution is 2.22. The molecule has 0 aliphatic carbocycles. The topological polar surface area (TPSA) is 105 Å². The van der Waals surface area contributed by atoms with Crippen molar-refractivity contribution in [2.75, 3.05) is 24.2 Å². The van der Waals surface area contributed by atoms with Gasteiger partial charge in [-0.1, -0.05) is 20.8 Å². The Hall–Kier alpha value is -3.36. The molecule has 1 amide bonds. The van der Waals surface area contributed by atoms with E-state index in [-0.39, 0.29) is 16.9 Å². The predicted octanol–water partition coefficient (Wildman–Crippen LogP) is 2.38. The lowest BCUT2D eigenvalue weighted by Gasteiger charge is -2.22. The van der Waals surface area contributed by atoms with Crippen molar-refractivity contribution >= 4 is 28.9 Å². The third kappa shape index (κ3) is 4.23. The van der Waals surface area contributed by atoms with Crippen LogP contribution in [0.5, 0.6) is 0 Å². The van der Waals surface area contributed by atoms with E-state index in [0.717, 1.165) is 6.42 Å². The van der Waals surface area contributed by atoms with Crippen LogP contribution in [-0.2, 0) is 7.05 Å². The minimum atomic E-state index is -0.233. The summed E-state index contributed by atoms with van der Waals surface area (Å²) < 4.78 is 3.04. The lowest BCUT2D eigenvalue weighted by Crippen LogP contribution is -2.33. The first-order chi connectivity index (χ1) is 13.8. The van der Waals surface area contributed by atoms with Gasteiger partial charge in [-0.15, -0.1) is 0 Å². The van der Waals surface area contributed by atoms with E-state index in [0.29, 0.717) is 35.1 Å². The molecule has 0 unspecified atom stereocenters. The van der Waals surface area contributed by atoms with Crippen LogP contribution in [-0.4, -0.2) is 38.7 Å². The van der Waals surface area contributed by atoms with Crippen LogP contribution in [0.25, 0.3) is 5.65 Å². The molecular weight excluding hydrogens is 370 g/mol. The molecule has 0 bridgehead atoms. The number of hydrogen-bond donors (Lipinski definition) is 3. The monoisotopic (exact) mass is 397 g/mol. The van der Waals surface area contributed by atoms with Gasteiger partial charge in [-0.25, -0.2) is 4.98 Å². The van der Waals surface area contributed by atoms with E-state index in [9.17, 15) is 9.59 Å². The van der Waals surface area contributed by atoms with Gasteiger partial charge in [0.15, 0.2) is 5.65 Å². The van der Waals surface area contributed by atoms with E-state index in [4.69, 9.17) is 0 Å². The number of carbonyl (C=O) groups excluding carboxylic acids is 1. The Morgan fingerprint density at radius 2 is 2.07 bits per heavy atom. The molecule has 9 nitrogen and oxygen atoms in total. The van der Waals surface area contributed by atoms with Crippen molar-refractivity contribution in [2.45, 2.75) is 27.2 Å². The van der Waals surface area contributed by atoms with Gasteiger partial charge in [-0.2, -0.15) is 9.61 Å². The maximum Gasteiger partial charge on any atom is 0.274 e. The summed E-state index contributed by atoms with van der Waals surface area (Å²) in [5, 5.41) is 13.3. The fourth-order valence-corrected chi connectivity index (χ4v) is 2.74. The molecule has 3 N–H and O–H groups in total. The van der Waals surface area contributed by atoms with E-state index in [1.165, 1.54) is 10.8 Å². The molecule has 0 aliphatic rings. The Labute approximate surface area is 169 Å². The highest BCUT2D eigenvalue weighted by molar-refractivity contribution is 6.00. The normalized spacial score (nSPS) is 11.5. The molecule has 3 aromatic heterocycles. The molecule has 3 heterocycles. The molecule has 3 aromatic rings. The second kappa shape index (κ2) is 7.94. The third-order valence-electron chi connectivity index (χ3n) is 5.04. The van der Waals surface area contributed by atoms with Gasteiger partial charge in [0.05, 0.1) is 6.20 Å². The summed E-state index contributed by atoms with van der Waals surface area (Å²) in [4.78, 5) is 29.6. The van der Waals surface area contributed by atoms with E-state index >= 15 is 0 Å². The van der Waals surface area contributed by atoms with Gasteiger partial charge in [-0.3, -0.25) is 9.59 Å². The molecule has 0 atom stereocenters. The van der Waals surface area contributed by atoms with Crippen LogP contribution in [0.15, 0.2) is 35.4 Å². The SMILES string of the molecule is CCC(C)(C)CNC(=O)c1cnn2c(NC)cc(Nc3cccn(C)c3=O)nc12. The first-order valence-electron chi connectivity index (χ1n) is 9.53. The van der Waals surface area contributed by atoms with Gasteiger partial charge in [-0.05, 0) is 24.0 Å². The van der Waals surface area contributed by atoms with Gasteiger partial charge in [0.1, 0.15) is 22.9 Å². The number of hydrogen-bond acceptors (Lipinski definition) is 6. The van der Waals surface area contributed by atoms with E-state index in [2.05, 4.69) is 46.8 Å². The highest BCUT2D eigenvalue weighted by Gasteiger charge is 2.21. The summed E-state index contributed by atoms with van der Waals surface area (Å²) in [6, 6.07) is 5.19. The van der Waals surface area contributed by atoms with Gasteiger partial charge in [0.2, 0.25) is 0 Å². The zero-order valence-electron chi connectivity index (χ0n) is 17.4. The average molecular weight is 397 g/mol. The average Bonchev–Trinajstić information content (AvgIpc) is 3.13. The van der Waals surface area contributed by atoms with Gasteiger partial charge >= 0.3 is 0 Å². The summed E-state index contributed by atoms with van der Waals surface area (Å²) in [6.07, 6.45) is 4.13. The number of aryl methyl sites for hydroxylation is 1. The number of anilines is 3. The van der Waals surface area contributed by atoms with Gasteiger partial charge in [0, 0.05) is 32.9 Å². The summed E-state index contributed by atoms with van der Waals surface area (Å²) in [6.45, 7) is 6.84. The highest BCUT2D eigenvalue weighted by atomic mass is 16.1. The number of aromatic nitrogens is 4. The molecule has 0 spiro atoms. The first-order valence-corrected chi connectivity index (χ1v) is 9.53. The zero-order valence-corrected chi connectivity index (χ0v) is 17.4. The minimum Gasteiger partial charge on any atom is -0.373 e. The maximum atomic E-state index is 12.8. The van der Waals surface area contributed by atoms with Crippen molar-refractivity contribution in [3.8, 4) is 0 Å². The van der Waals surface area contributed by atoms with Crippen molar-refractivity contribution in [1.29, 1.82) is 0 Å². The Bertz CT molecular complexity index is 1100. The lowest BCUT2D eigenvalue weighted by atomic mass is 9.90. The molecule has 0 radical (unpaired) electrons. The van der Waals surface area contributed by atoms with Crippen molar-refractivity contribution in [1.82, 2.24) is 24.5 Å². The number of nitrogens with one attached hydrogen (secondary N) is 3. The summed E-state index contributed by atoms with van der Waals surface area (Å²) in [5.41, 5.74) is 0.997. The zero-order chi connectivity index (χ0) is 21.2. The van der Waals surface area contributed by atoms with E-state index < -0.39 is 0 Å². The van der Waals surface area contributed by atoms with Gasteiger partial charge in [0.25, 0.3) is 11.5 Å². The minimum absolute atomic E-state index is 0.00225. The quantitative estimate of drug-likeness (QED) is 0.565. The largest absolute Gasteiger partial charge is 0.373 e. The van der Waals surface area contributed by atoms with Crippen LogP contribution in [0.3, 0.4) is 0 Å². The fraction of sp³-hybridized carbons (Fsp3) is 0.400. The molecule has 0 aliphatic heterocycles. The van der Waals surface area contributed by atoms with Crippen LogP contribution in [0.4, 0.5) is 17.3 Å². The molecule has 0 saturated heterocycles. The van der Waals surface area contributed by atoms with Crippen molar-refractivity contribution in [2.24, 2.45) is 12.5 Å².